The molecule has 4 nitrogen and oxygen atoms in total. The topological polar surface area (TPSA) is 47.0 Å². The Morgan fingerprint density at radius 3 is 3.12 bits per heavy atom. The summed E-state index contributed by atoms with van der Waals surface area (Å²) in [7, 11) is 0. The Balaban J connectivity index is 1.80. The summed E-state index contributed by atoms with van der Waals surface area (Å²) in [6.07, 6.45) is 0.873. The molecule has 0 saturated carbocycles. The van der Waals surface area contributed by atoms with Crippen LogP contribution < -0.4 is 5.32 Å². The zero-order valence-corrected chi connectivity index (χ0v) is 9.60. The highest BCUT2D eigenvalue weighted by atomic mass is 16.5. The molecule has 0 aliphatic carbocycles. The zero-order chi connectivity index (χ0) is 11.5. The van der Waals surface area contributed by atoms with Gasteiger partial charge in [0, 0.05) is 24.4 Å². The lowest BCUT2D eigenvalue weighted by Crippen LogP contribution is -2.42. The van der Waals surface area contributed by atoms with Crippen LogP contribution in [0.25, 0.3) is 10.9 Å². The van der Waals surface area contributed by atoms with E-state index in [1.165, 1.54) is 0 Å². The van der Waals surface area contributed by atoms with E-state index in [-0.39, 0.29) is 0 Å². The first kappa shape index (κ1) is 10.6. The van der Waals surface area contributed by atoms with Crippen LogP contribution >= 0.6 is 0 Å². The van der Waals surface area contributed by atoms with Gasteiger partial charge in [-0.2, -0.15) is 10.2 Å². The maximum Gasteiger partial charge on any atom is 0.0929 e. The number of nitrogens with zero attached hydrogens (tertiary/aromatic N) is 2. The predicted octanol–water partition coefficient (Wildman–Crippen LogP) is 1.16. The fourth-order valence-electron chi connectivity index (χ4n) is 2.13. The van der Waals surface area contributed by atoms with Crippen LogP contribution in [0.5, 0.6) is 0 Å². The highest BCUT2D eigenvalue weighted by molar-refractivity contribution is 5.77. The van der Waals surface area contributed by atoms with E-state index in [1.54, 1.807) is 0 Å². The molecule has 0 radical (unpaired) electrons. The van der Waals surface area contributed by atoms with Crippen molar-refractivity contribution >= 4 is 10.9 Å². The monoisotopic (exact) mass is 229 g/mol. The molecule has 4 heteroatoms. The van der Waals surface area contributed by atoms with Gasteiger partial charge in [-0.05, 0) is 12.1 Å². The van der Waals surface area contributed by atoms with Gasteiger partial charge in [0.05, 0.1) is 24.4 Å². The molecular weight excluding hydrogens is 214 g/mol. The molecule has 1 atom stereocenters. The van der Waals surface area contributed by atoms with Crippen molar-refractivity contribution in [3.8, 4) is 0 Å². The van der Waals surface area contributed by atoms with E-state index in [1.807, 2.05) is 18.2 Å². The maximum atomic E-state index is 5.43. The van der Waals surface area contributed by atoms with Gasteiger partial charge in [0.15, 0.2) is 0 Å². The van der Waals surface area contributed by atoms with Gasteiger partial charge in [-0.15, -0.1) is 0 Å². The zero-order valence-electron chi connectivity index (χ0n) is 9.60. The minimum atomic E-state index is 0.360. The Bertz CT molecular complexity index is 509. The standard InChI is InChI=1S/C13H15N3O/c1-2-4-13-10(3-1)7-11(15-16-13)8-12-9-17-6-5-14-12/h1-4,7,12,14H,5-6,8-9H2. The fraction of sp³-hybridized carbons (Fsp3) is 0.385. The van der Waals surface area contributed by atoms with Crippen molar-refractivity contribution < 1.29 is 4.74 Å². The largest absolute Gasteiger partial charge is 0.379 e. The first-order valence-electron chi connectivity index (χ1n) is 5.94. The van der Waals surface area contributed by atoms with E-state index in [4.69, 9.17) is 4.74 Å². The average molecular weight is 229 g/mol. The van der Waals surface area contributed by atoms with E-state index in [2.05, 4.69) is 27.6 Å². The Morgan fingerprint density at radius 2 is 2.24 bits per heavy atom. The van der Waals surface area contributed by atoms with Gasteiger partial charge in [-0.3, -0.25) is 0 Å². The SMILES string of the molecule is c1ccc2nnc(CC3COCCN3)cc2c1. The first-order valence-corrected chi connectivity index (χ1v) is 5.94. The summed E-state index contributed by atoms with van der Waals surface area (Å²) in [6, 6.07) is 10.5. The molecule has 1 unspecified atom stereocenters. The van der Waals surface area contributed by atoms with Gasteiger partial charge in [0.25, 0.3) is 0 Å². The van der Waals surface area contributed by atoms with Gasteiger partial charge in [-0.1, -0.05) is 18.2 Å². The van der Waals surface area contributed by atoms with Crippen molar-refractivity contribution in [2.45, 2.75) is 12.5 Å². The number of aromatic nitrogens is 2. The third-order valence-electron chi connectivity index (χ3n) is 3.00. The average Bonchev–Trinajstić information content (AvgIpc) is 2.40. The van der Waals surface area contributed by atoms with Crippen LogP contribution in [-0.4, -0.2) is 36.0 Å². The van der Waals surface area contributed by atoms with Gasteiger partial charge in [0.2, 0.25) is 0 Å². The molecule has 1 aliphatic rings. The van der Waals surface area contributed by atoms with Crippen molar-refractivity contribution in [1.82, 2.24) is 15.5 Å². The molecular formula is C13H15N3O. The summed E-state index contributed by atoms with van der Waals surface area (Å²) >= 11 is 0. The normalized spacial score (nSPS) is 20.6. The van der Waals surface area contributed by atoms with Gasteiger partial charge >= 0.3 is 0 Å². The van der Waals surface area contributed by atoms with E-state index >= 15 is 0 Å². The molecule has 1 saturated heterocycles. The van der Waals surface area contributed by atoms with Crippen molar-refractivity contribution in [3.05, 3.63) is 36.0 Å². The number of rotatable bonds is 2. The van der Waals surface area contributed by atoms with Crippen molar-refractivity contribution in [2.24, 2.45) is 0 Å². The van der Waals surface area contributed by atoms with E-state index in [0.29, 0.717) is 6.04 Å². The lowest BCUT2D eigenvalue weighted by Gasteiger charge is -2.23. The summed E-state index contributed by atoms with van der Waals surface area (Å²) in [5.41, 5.74) is 1.97. The Hall–Kier alpha value is -1.52. The number of morpholine rings is 1. The van der Waals surface area contributed by atoms with E-state index < -0.39 is 0 Å². The number of nitrogens with one attached hydrogen (secondary N) is 1. The number of ether oxygens (including phenoxy) is 1. The first-order chi connectivity index (χ1) is 8.42. The van der Waals surface area contributed by atoms with Gasteiger partial charge in [0.1, 0.15) is 0 Å². The Morgan fingerprint density at radius 1 is 1.29 bits per heavy atom. The summed E-state index contributed by atoms with van der Waals surface area (Å²) in [5.74, 6) is 0. The van der Waals surface area contributed by atoms with Gasteiger partial charge < -0.3 is 10.1 Å². The third kappa shape index (κ3) is 2.43. The minimum Gasteiger partial charge on any atom is -0.379 e. The van der Waals surface area contributed by atoms with Crippen LogP contribution in [-0.2, 0) is 11.2 Å². The van der Waals surface area contributed by atoms with Crippen LogP contribution in [0.4, 0.5) is 0 Å². The predicted molar refractivity (Wildman–Crippen MR) is 65.9 cm³/mol. The maximum absolute atomic E-state index is 5.43. The molecule has 0 amide bonds. The highest BCUT2D eigenvalue weighted by Gasteiger charge is 2.14. The molecule has 1 aromatic carbocycles. The van der Waals surface area contributed by atoms with Crippen LogP contribution in [0.2, 0.25) is 0 Å². The fourth-order valence-corrected chi connectivity index (χ4v) is 2.13. The molecule has 0 spiro atoms. The molecule has 2 aromatic rings. The van der Waals surface area contributed by atoms with Crippen LogP contribution in [0.3, 0.4) is 0 Å². The van der Waals surface area contributed by atoms with Gasteiger partial charge in [-0.25, -0.2) is 0 Å². The molecule has 2 heterocycles. The second-order valence-electron chi connectivity index (χ2n) is 4.32. The van der Waals surface area contributed by atoms with Crippen LogP contribution in [0.1, 0.15) is 5.69 Å². The molecule has 3 rings (SSSR count). The second kappa shape index (κ2) is 4.77. The number of fused-ring (bicyclic) bond motifs is 1. The van der Waals surface area contributed by atoms with E-state index in [0.717, 1.165) is 42.8 Å². The molecule has 0 bridgehead atoms. The minimum absolute atomic E-state index is 0.360. The number of hydrogen-bond acceptors (Lipinski definition) is 4. The lowest BCUT2D eigenvalue weighted by molar-refractivity contribution is 0.0767. The summed E-state index contributed by atoms with van der Waals surface area (Å²) < 4.78 is 5.43. The molecule has 1 fully saturated rings. The molecule has 17 heavy (non-hydrogen) atoms. The second-order valence-corrected chi connectivity index (χ2v) is 4.32. The highest BCUT2D eigenvalue weighted by Crippen LogP contribution is 2.12. The van der Waals surface area contributed by atoms with Crippen LogP contribution in [0, 0.1) is 0 Å². The lowest BCUT2D eigenvalue weighted by atomic mass is 10.1. The Labute approximate surface area is 100 Å². The summed E-state index contributed by atoms with van der Waals surface area (Å²) in [4.78, 5) is 0. The van der Waals surface area contributed by atoms with Crippen LogP contribution in [0.15, 0.2) is 30.3 Å². The number of hydrogen-bond donors (Lipinski definition) is 1. The Kier molecular flexibility index (Phi) is 2.98. The quantitative estimate of drug-likeness (QED) is 0.839. The smallest absolute Gasteiger partial charge is 0.0929 e. The van der Waals surface area contributed by atoms with Crippen molar-refractivity contribution in [2.75, 3.05) is 19.8 Å². The molecule has 1 aromatic heterocycles. The molecule has 1 N–H and O–H groups in total. The molecule has 1 aliphatic heterocycles. The van der Waals surface area contributed by atoms with Crippen molar-refractivity contribution in [1.29, 1.82) is 0 Å². The third-order valence-corrected chi connectivity index (χ3v) is 3.00. The van der Waals surface area contributed by atoms with E-state index in [9.17, 15) is 0 Å². The number of benzene rings is 1. The molecule has 88 valence electrons. The van der Waals surface area contributed by atoms with Crippen molar-refractivity contribution in [3.63, 3.8) is 0 Å². The summed E-state index contributed by atoms with van der Waals surface area (Å²) in [6.45, 7) is 2.49. The summed E-state index contributed by atoms with van der Waals surface area (Å²) in [5, 5.41) is 13.1.